The highest BCUT2D eigenvalue weighted by molar-refractivity contribution is 6.02. The third-order valence-electron chi connectivity index (χ3n) is 3.25. The number of nitrogens with one attached hydrogen (secondary N) is 1. The normalized spacial score (nSPS) is 10.3. The van der Waals surface area contributed by atoms with E-state index in [2.05, 4.69) is 10.3 Å². The van der Waals surface area contributed by atoms with Gasteiger partial charge in [0.25, 0.3) is 5.91 Å². The van der Waals surface area contributed by atoms with Gasteiger partial charge < -0.3 is 14.5 Å². The maximum Gasteiger partial charge on any atom is 0.292 e. The fraction of sp³-hybridized carbons (Fsp3) is 0.111. The Morgan fingerprint density at radius 3 is 2.83 bits per heavy atom. The Balaban J connectivity index is 1.69. The molecule has 0 spiro atoms. The summed E-state index contributed by atoms with van der Waals surface area (Å²) in [6.45, 7) is 2.19. The number of hydrogen-bond acceptors (Lipinski definition) is 4. The topological polar surface area (TPSA) is 64.4 Å². The molecule has 0 aliphatic rings. The van der Waals surface area contributed by atoms with Crippen molar-refractivity contribution in [1.82, 2.24) is 4.98 Å². The average Bonchev–Trinajstić information content (AvgIpc) is 3.02. The second kappa shape index (κ2) is 6.79. The van der Waals surface area contributed by atoms with Crippen LogP contribution in [0.3, 0.4) is 0 Å². The van der Waals surface area contributed by atoms with Crippen LogP contribution in [0.1, 0.15) is 21.7 Å². The summed E-state index contributed by atoms with van der Waals surface area (Å²) >= 11 is 0. The first kappa shape index (κ1) is 14.8. The van der Waals surface area contributed by atoms with Crippen molar-refractivity contribution in [3.63, 3.8) is 0 Å². The number of para-hydroxylation sites is 1. The number of pyridine rings is 1. The molecule has 0 saturated heterocycles. The highest BCUT2D eigenvalue weighted by atomic mass is 16.5. The van der Waals surface area contributed by atoms with Crippen molar-refractivity contribution in [2.24, 2.45) is 0 Å². The molecule has 1 N–H and O–H groups in total. The molecule has 23 heavy (non-hydrogen) atoms. The number of amides is 1. The van der Waals surface area contributed by atoms with Crippen LogP contribution in [-0.4, -0.2) is 10.9 Å². The summed E-state index contributed by atoms with van der Waals surface area (Å²) in [5.41, 5.74) is 1.70. The van der Waals surface area contributed by atoms with E-state index in [-0.39, 0.29) is 18.3 Å². The van der Waals surface area contributed by atoms with Crippen molar-refractivity contribution in [3.8, 4) is 5.75 Å². The predicted octanol–water partition coefficient (Wildman–Crippen LogP) is 3.81. The molecule has 0 saturated carbocycles. The van der Waals surface area contributed by atoms with Crippen LogP contribution in [0.2, 0.25) is 0 Å². The molecule has 0 atom stereocenters. The molecule has 5 nitrogen and oxygen atoms in total. The van der Waals surface area contributed by atoms with Crippen molar-refractivity contribution in [1.29, 1.82) is 0 Å². The van der Waals surface area contributed by atoms with Crippen molar-refractivity contribution < 1.29 is 13.9 Å². The summed E-state index contributed by atoms with van der Waals surface area (Å²) in [6, 6.07) is 14.8. The number of carbonyl (C=O) groups excluding carboxylic acids is 1. The average molecular weight is 308 g/mol. The Kier molecular flexibility index (Phi) is 4.38. The Morgan fingerprint density at radius 2 is 2.04 bits per heavy atom. The molecule has 2 heterocycles. The molecule has 0 aliphatic heterocycles. The predicted molar refractivity (Wildman–Crippen MR) is 86.4 cm³/mol. The number of ether oxygens (including phenoxy) is 1. The van der Waals surface area contributed by atoms with Gasteiger partial charge in [-0.05, 0) is 42.8 Å². The Hall–Kier alpha value is -3.08. The lowest BCUT2D eigenvalue weighted by Crippen LogP contribution is -2.14. The molecule has 116 valence electrons. The van der Waals surface area contributed by atoms with Gasteiger partial charge >= 0.3 is 0 Å². The van der Waals surface area contributed by atoms with E-state index in [0.29, 0.717) is 11.4 Å². The van der Waals surface area contributed by atoms with E-state index in [9.17, 15) is 4.79 Å². The molecule has 0 radical (unpaired) electrons. The third-order valence-corrected chi connectivity index (χ3v) is 3.25. The second-order valence-corrected chi connectivity index (χ2v) is 5.05. The van der Waals surface area contributed by atoms with Gasteiger partial charge in [0.2, 0.25) is 0 Å². The summed E-state index contributed by atoms with van der Waals surface area (Å²) < 4.78 is 11.0. The number of benzene rings is 1. The minimum absolute atomic E-state index is 0.226. The van der Waals surface area contributed by atoms with Gasteiger partial charge in [0, 0.05) is 11.8 Å². The van der Waals surface area contributed by atoms with Gasteiger partial charge in [-0.2, -0.15) is 0 Å². The van der Waals surface area contributed by atoms with Crippen molar-refractivity contribution in [2.75, 3.05) is 5.32 Å². The van der Waals surface area contributed by atoms with Crippen molar-refractivity contribution in [2.45, 2.75) is 13.5 Å². The first-order valence-corrected chi connectivity index (χ1v) is 7.20. The lowest BCUT2D eigenvalue weighted by molar-refractivity contribution is 0.0993. The first-order valence-electron chi connectivity index (χ1n) is 7.20. The Bertz CT molecular complexity index is 797. The number of anilines is 1. The van der Waals surface area contributed by atoms with Gasteiger partial charge in [-0.25, -0.2) is 4.98 Å². The SMILES string of the molecule is Cc1ccnc(NC(=O)c2occc2COc2ccccc2)c1. The molecule has 0 fully saturated rings. The smallest absolute Gasteiger partial charge is 0.292 e. The zero-order valence-electron chi connectivity index (χ0n) is 12.7. The molecular formula is C18H16N2O3. The number of rotatable bonds is 5. The van der Waals surface area contributed by atoms with E-state index in [1.165, 1.54) is 6.26 Å². The molecular weight excluding hydrogens is 292 g/mol. The molecule has 5 heteroatoms. The van der Waals surface area contributed by atoms with Gasteiger partial charge in [0.1, 0.15) is 18.2 Å². The Morgan fingerprint density at radius 1 is 1.22 bits per heavy atom. The quantitative estimate of drug-likeness (QED) is 0.778. The Labute approximate surface area is 133 Å². The summed E-state index contributed by atoms with van der Waals surface area (Å²) in [5, 5.41) is 2.72. The zero-order chi connectivity index (χ0) is 16.1. The largest absolute Gasteiger partial charge is 0.489 e. The van der Waals surface area contributed by atoms with E-state index < -0.39 is 0 Å². The van der Waals surface area contributed by atoms with Crippen molar-refractivity contribution >= 4 is 11.7 Å². The van der Waals surface area contributed by atoms with Crippen LogP contribution in [-0.2, 0) is 6.61 Å². The maximum absolute atomic E-state index is 12.3. The molecule has 0 unspecified atom stereocenters. The number of hydrogen-bond donors (Lipinski definition) is 1. The minimum Gasteiger partial charge on any atom is -0.489 e. The van der Waals surface area contributed by atoms with Gasteiger partial charge in [-0.3, -0.25) is 4.79 Å². The van der Waals surface area contributed by atoms with Crippen LogP contribution >= 0.6 is 0 Å². The number of aryl methyl sites for hydroxylation is 1. The minimum atomic E-state index is -0.347. The molecule has 1 amide bonds. The standard InChI is InChI=1S/C18H16N2O3/c1-13-7-9-19-16(11-13)20-18(21)17-14(8-10-22-17)12-23-15-5-3-2-4-6-15/h2-11H,12H2,1H3,(H,19,20,21). The molecule has 2 aromatic heterocycles. The maximum atomic E-state index is 12.3. The van der Waals surface area contributed by atoms with Gasteiger partial charge in [-0.1, -0.05) is 18.2 Å². The molecule has 3 aromatic rings. The molecule has 1 aromatic carbocycles. The lowest BCUT2D eigenvalue weighted by Gasteiger charge is -2.07. The lowest BCUT2D eigenvalue weighted by atomic mass is 10.2. The monoisotopic (exact) mass is 308 g/mol. The van der Waals surface area contributed by atoms with E-state index in [1.807, 2.05) is 43.3 Å². The van der Waals surface area contributed by atoms with Crippen LogP contribution in [0.5, 0.6) is 5.75 Å². The number of furan rings is 1. The van der Waals surface area contributed by atoms with E-state index in [1.54, 1.807) is 18.3 Å². The summed E-state index contributed by atoms with van der Waals surface area (Å²) in [6.07, 6.45) is 3.12. The number of aromatic nitrogens is 1. The van der Waals surface area contributed by atoms with Crippen LogP contribution < -0.4 is 10.1 Å². The van der Waals surface area contributed by atoms with E-state index in [0.717, 1.165) is 11.3 Å². The second-order valence-electron chi connectivity index (χ2n) is 5.05. The van der Waals surface area contributed by atoms with Crippen molar-refractivity contribution in [3.05, 3.63) is 77.9 Å². The molecule has 0 aliphatic carbocycles. The summed E-state index contributed by atoms with van der Waals surface area (Å²) in [5.74, 6) is 1.10. The van der Waals surface area contributed by atoms with Crippen LogP contribution in [0, 0.1) is 6.92 Å². The highest BCUT2D eigenvalue weighted by Gasteiger charge is 2.16. The number of nitrogens with zero attached hydrogens (tertiary/aromatic N) is 1. The van der Waals surface area contributed by atoms with Gasteiger partial charge in [0.05, 0.1) is 6.26 Å². The highest BCUT2D eigenvalue weighted by Crippen LogP contribution is 2.17. The number of carbonyl (C=O) groups is 1. The molecule has 3 rings (SSSR count). The fourth-order valence-corrected chi connectivity index (χ4v) is 2.10. The van der Waals surface area contributed by atoms with Gasteiger partial charge in [0.15, 0.2) is 5.76 Å². The van der Waals surface area contributed by atoms with E-state index >= 15 is 0 Å². The van der Waals surface area contributed by atoms with Crippen LogP contribution in [0.15, 0.2) is 65.4 Å². The van der Waals surface area contributed by atoms with Gasteiger partial charge in [-0.15, -0.1) is 0 Å². The molecule has 0 bridgehead atoms. The summed E-state index contributed by atoms with van der Waals surface area (Å²) in [4.78, 5) is 16.4. The first-order chi connectivity index (χ1) is 11.2. The van der Waals surface area contributed by atoms with E-state index in [4.69, 9.17) is 9.15 Å². The van der Waals surface area contributed by atoms with Crippen LogP contribution in [0.25, 0.3) is 0 Å². The third kappa shape index (κ3) is 3.77. The van der Waals surface area contributed by atoms with Crippen LogP contribution in [0.4, 0.5) is 5.82 Å². The summed E-state index contributed by atoms with van der Waals surface area (Å²) in [7, 11) is 0. The fourth-order valence-electron chi connectivity index (χ4n) is 2.10. The zero-order valence-corrected chi connectivity index (χ0v) is 12.7.